The Morgan fingerprint density at radius 1 is 0.415 bits per heavy atom. The van der Waals surface area contributed by atoms with Gasteiger partial charge in [0.1, 0.15) is 22.8 Å². The molecule has 0 aliphatic carbocycles. The number of rotatable bonds is 4. The zero-order chi connectivity index (χ0) is 30.5. The van der Waals surface area contributed by atoms with Gasteiger partial charge >= 0.3 is 20.4 Å². The van der Waals surface area contributed by atoms with Crippen molar-refractivity contribution in [3.05, 3.63) is 120 Å². The molecule has 0 fully saturated rings. The fourth-order valence-corrected chi connectivity index (χ4v) is 2.54. The largest absolute Gasteiger partial charge is 2.00 e. The minimum absolute atomic E-state index is 0. The summed E-state index contributed by atoms with van der Waals surface area (Å²) < 4.78 is 67.9. The molecule has 0 spiro atoms. The van der Waals surface area contributed by atoms with E-state index in [0.29, 0.717) is 0 Å². The van der Waals surface area contributed by atoms with Gasteiger partial charge in [0.2, 0.25) is 0 Å². The SMILES string of the molecule is OC(O)(c1ccccn1)c1ccccn1.OC(O)(c1ccccn1)c1ccccn1.[O-][Cl+3]([O-])([O-])[O-].[O-][Cl+3]([O-])([O-])[O-].[Pd+2]. The molecular weight excluding hydrogens is 690 g/mol. The van der Waals surface area contributed by atoms with Crippen LogP contribution in [0.25, 0.3) is 0 Å². The molecule has 4 N–H and O–H groups in total. The Morgan fingerprint density at radius 3 is 0.707 bits per heavy atom. The van der Waals surface area contributed by atoms with E-state index in [2.05, 4.69) is 19.9 Å². The Bertz CT molecular complexity index is 1050. The number of aromatic nitrogens is 4. The average Bonchev–Trinajstić information content (AvgIpc) is 2.89. The molecule has 0 saturated carbocycles. The standard InChI is InChI=1S/2C11H10N2O2.2ClHO4.Pd/c2*14-11(15,9-5-1-3-7-12-9)10-6-2-4-8-13-10;2*2-1(3,4)5;/h2*1-8,14-15H;2*(H,2,3,4,5);/q;;;;+2/p-2. The van der Waals surface area contributed by atoms with E-state index in [1.54, 1.807) is 48.5 Å². The molecule has 0 aromatic carbocycles. The monoisotopic (exact) mass is 708 g/mol. The predicted molar refractivity (Wildman–Crippen MR) is 107 cm³/mol. The van der Waals surface area contributed by atoms with Crippen molar-refractivity contribution in [1.82, 2.24) is 19.9 Å². The smallest absolute Gasteiger partial charge is 0.356 e. The van der Waals surface area contributed by atoms with Crippen LogP contribution in [0.2, 0.25) is 0 Å². The molecule has 4 rings (SSSR count). The van der Waals surface area contributed by atoms with E-state index in [1.807, 2.05) is 0 Å². The first-order valence-corrected chi connectivity index (χ1v) is 12.7. The predicted octanol–water partition coefficient (Wildman–Crippen LogP) is -8.19. The van der Waals surface area contributed by atoms with Gasteiger partial charge in [0.25, 0.3) is 11.6 Å². The van der Waals surface area contributed by atoms with Crippen molar-refractivity contribution in [2.24, 2.45) is 0 Å². The normalized spacial score (nSPS) is 11.2. The van der Waals surface area contributed by atoms with Crippen LogP contribution in [0.1, 0.15) is 22.8 Å². The molecule has 0 saturated heterocycles. The van der Waals surface area contributed by atoms with Crippen molar-refractivity contribution in [3.63, 3.8) is 0 Å². The van der Waals surface area contributed by atoms with E-state index in [0.717, 1.165) is 0 Å². The number of aliphatic hydroxyl groups is 4. The van der Waals surface area contributed by atoms with Gasteiger partial charge in [-0.25, -0.2) is 37.3 Å². The van der Waals surface area contributed by atoms with Gasteiger partial charge < -0.3 is 20.4 Å². The van der Waals surface area contributed by atoms with Crippen LogP contribution in [0.15, 0.2) is 97.6 Å². The molecule has 0 amide bonds. The van der Waals surface area contributed by atoms with E-state index in [4.69, 9.17) is 37.3 Å². The van der Waals surface area contributed by atoms with Crippen molar-refractivity contribution in [1.29, 1.82) is 0 Å². The maximum atomic E-state index is 9.89. The molecule has 0 unspecified atom stereocenters. The summed E-state index contributed by atoms with van der Waals surface area (Å²) in [6, 6.07) is 19.7. The molecule has 0 aliphatic heterocycles. The summed E-state index contributed by atoms with van der Waals surface area (Å²) in [6.45, 7) is 0. The minimum atomic E-state index is -4.94. The first-order chi connectivity index (χ1) is 18.4. The second kappa shape index (κ2) is 17.3. The van der Waals surface area contributed by atoms with Gasteiger partial charge in [-0.05, 0) is 48.5 Å². The van der Waals surface area contributed by atoms with Gasteiger partial charge in [0, 0.05) is 24.8 Å². The Balaban J connectivity index is 0.000000581. The quantitative estimate of drug-likeness (QED) is 0.113. The fourth-order valence-electron chi connectivity index (χ4n) is 2.54. The molecule has 16 nitrogen and oxygen atoms in total. The first-order valence-electron chi connectivity index (χ1n) is 10.2. The molecule has 224 valence electrons. The maximum Gasteiger partial charge on any atom is 2.00 e. The molecule has 19 heteroatoms. The third-order valence-electron chi connectivity index (χ3n) is 4.09. The van der Waals surface area contributed by atoms with Gasteiger partial charge in [-0.15, -0.1) is 20.5 Å². The first kappa shape index (κ1) is 38.4. The molecule has 0 aliphatic rings. The van der Waals surface area contributed by atoms with Crippen LogP contribution in [0.3, 0.4) is 0 Å². The van der Waals surface area contributed by atoms with Crippen molar-refractivity contribution in [2.75, 3.05) is 0 Å². The Kier molecular flexibility index (Phi) is 16.2. The number of hydrogen-bond acceptors (Lipinski definition) is 16. The summed E-state index contributed by atoms with van der Waals surface area (Å²) in [5.41, 5.74) is 0.625. The summed E-state index contributed by atoms with van der Waals surface area (Å²) in [5.74, 6) is -4.27. The third-order valence-corrected chi connectivity index (χ3v) is 4.09. The van der Waals surface area contributed by atoms with Crippen molar-refractivity contribution < 1.29 is 98.6 Å². The van der Waals surface area contributed by atoms with E-state index >= 15 is 0 Å². The zero-order valence-corrected chi connectivity index (χ0v) is 23.2. The van der Waals surface area contributed by atoms with Crippen LogP contribution < -0.4 is 37.3 Å². The van der Waals surface area contributed by atoms with E-state index in [1.165, 1.54) is 49.1 Å². The van der Waals surface area contributed by atoms with Gasteiger partial charge in [-0.3, -0.25) is 19.9 Å². The molecule has 4 aromatic rings. The molecule has 41 heavy (non-hydrogen) atoms. The van der Waals surface area contributed by atoms with Crippen molar-refractivity contribution in [2.45, 2.75) is 11.6 Å². The topological polar surface area (TPSA) is 317 Å². The van der Waals surface area contributed by atoms with E-state index < -0.39 is 32.1 Å². The Hall–Kier alpha value is -2.64. The molecule has 0 atom stereocenters. The summed E-state index contributed by atoms with van der Waals surface area (Å²) in [4.78, 5) is 15.5. The summed E-state index contributed by atoms with van der Waals surface area (Å²) in [6.07, 6.45) is 6.00. The van der Waals surface area contributed by atoms with Crippen LogP contribution in [0.4, 0.5) is 0 Å². The molecule has 4 heterocycles. The van der Waals surface area contributed by atoms with Crippen LogP contribution >= 0.6 is 0 Å². The van der Waals surface area contributed by atoms with Crippen molar-refractivity contribution in [3.8, 4) is 0 Å². The molecule has 4 aromatic heterocycles. The number of nitrogens with zero attached hydrogens (tertiary/aromatic N) is 4. The van der Waals surface area contributed by atoms with Crippen molar-refractivity contribution >= 4 is 0 Å². The zero-order valence-electron chi connectivity index (χ0n) is 20.2. The molecule has 0 radical (unpaired) electrons. The summed E-state index contributed by atoms with van der Waals surface area (Å²) in [7, 11) is -9.89. The minimum Gasteiger partial charge on any atom is -0.356 e. The van der Waals surface area contributed by atoms with E-state index in [-0.39, 0.29) is 43.2 Å². The van der Waals surface area contributed by atoms with E-state index in [9.17, 15) is 20.4 Å². The van der Waals surface area contributed by atoms with Gasteiger partial charge in [0.05, 0.1) is 0 Å². The van der Waals surface area contributed by atoms with Crippen LogP contribution in [-0.4, -0.2) is 40.4 Å². The van der Waals surface area contributed by atoms with Gasteiger partial charge in [-0.1, -0.05) is 24.3 Å². The van der Waals surface area contributed by atoms with Gasteiger partial charge in [-0.2, -0.15) is 0 Å². The Morgan fingerprint density at radius 2 is 0.585 bits per heavy atom. The number of halogens is 2. The summed E-state index contributed by atoms with van der Waals surface area (Å²) in [5, 5.41) is 39.6. The second-order valence-electron chi connectivity index (χ2n) is 6.96. The van der Waals surface area contributed by atoms with Gasteiger partial charge in [0.15, 0.2) is 0 Å². The Labute approximate surface area is 249 Å². The molecular formula is C22H20Cl2N4O12Pd. The second-order valence-corrected chi connectivity index (χ2v) is 8.47. The van der Waals surface area contributed by atoms with Crippen LogP contribution in [0, 0.1) is 20.5 Å². The fraction of sp³-hybridized carbons (Fsp3) is 0.0909. The maximum absolute atomic E-state index is 9.89. The van der Waals surface area contributed by atoms with Crippen LogP contribution in [0.5, 0.6) is 0 Å². The molecule has 0 bridgehead atoms. The number of pyridine rings is 4. The third kappa shape index (κ3) is 16.4. The average molecular weight is 710 g/mol. The number of hydrogen-bond donors (Lipinski definition) is 4. The van der Waals surface area contributed by atoms with Crippen LogP contribution in [-0.2, 0) is 32.0 Å². The summed E-state index contributed by atoms with van der Waals surface area (Å²) >= 11 is 0.